The number of aromatic nitrogens is 1. The molecule has 6 heteroatoms. The summed E-state index contributed by atoms with van der Waals surface area (Å²) in [6.45, 7) is 2.02. The van der Waals surface area contributed by atoms with Crippen LogP contribution in [-0.4, -0.2) is 33.5 Å². The highest BCUT2D eigenvalue weighted by molar-refractivity contribution is 7.99. The Balaban J connectivity index is 2.82. The summed E-state index contributed by atoms with van der Waals surface area (Å²) in [7, 11) is 0. The van der Waals surface area contributed by atoms with Crippen molar-refractivity contribution in [1.82, 2.24) is 4.98 Å². The van der Waals surface area contributed by atoms with Gasteiger partial charge in [0.15, 0.2) is 5.84 Å². The highest BCUT2D eigenvalue weighted by atomic mass is 32.2. The van der Waals surface area contributed by atoms with Crippen molar-refractivity contribution < 1.29 is 10.3 Å². The molecule has 0 aliphatic rings. The van der Waals surface area contributed by atoms with Gasteiger partial charge in [0, 0.05) is 23.6 Å². The first-order chi connectivity index (χ1) is 7.67. The Hall–Kier alpha value is -1.27. The van der Waals surface area contributed by atoms with E-state index in [-0.39, 0.29) is 12.4 Å². The molecular weight excluding hydrogens is 226 g/mol. The smallest absolute Gasteiger partial charge is 0.170 e. The van der Waals surface area contributed by atoms with Crippen molar-refractivity contribution in [2.75, 3.05) is 12.4 Å². The van der Waals surface area contributed by atoms with Gasteiger partial charge in [0.05, 0.1) is 5.03 Å². The molecule has 0 atom stereocenters. The fourth-order valence-electron chi connectivity index (χ4n) is 1.16. The number of aryl methyl sites for hydroxylation is 1. The van der Waals surface area contributed by atoms with Crippen LogP contribution >= 0.6 is 11.8 Å². The van der Waals surface area contributed by atoms with Gasteiger partial charge in [0.1, 0.15) is 0 Å². The zero-order valence-electron chi connectivity index (χ0n) is 9.05. The van der Waals surface area contributed by atoms with E-state index in [1.807, 2.05) is 6.92 Å². The quantitative estimate of drug-likeness (QED) is 0.178. The molecule has 0 bridgehead atoms. The van der Waals surface area contributed by atoms with Crippen molar-refractivity contribution >= 4 is 17.6 Å². The molecule has 1 heterocycles. The monoisotopic (exact) mass is 241 g/mol. The second-order valence-corrected chi connectivity index (χ2v) is 4.36. The molecule has 0 spiro atoms. The molecule has 1 rings (SSSR count). The third-order valence-electron chi connectivity index (χ3n) is 1.89. The summed E-state index contributed by atoms with van der Waals surface area (Å²) in [5.41, 5.74) is 6.98. The lowest BCUT2D eigenvalue weighted by atomic mass is 10.2. The normalized spacial score (nSPS) is 11.8. The highest BCUT2D eigenvalue weighted by Crippen LogP contribution is 2.18. The topological polar surface area (TPSA) is 91.7 Å². The molecular formula is C10H15N3O2S. The minimum Gasteiger partial charge on any atom is -0.409 e. The number of hydrogen-bond acceptors (Lipinski definition) is 5. The van der Waals surface area contributed by atoms with Crippen LogP contribution in [-0.2, 0) is 0 Å². The van der Waals surface area contributed by atoms with Crippen LogP contribution in [0.25, 0.3) is 0 Å². The molecule has 0 radical (unpaired) electrons. The van der Waals surface area contributed by atoms with Gasteiger partial charge in [-0.05, 0) is 25.5 Å². The summed E-state index contributed by atoms with van der Waals surface area (Å²) < 4.78 is 0. The molecule has 4 N–H and O–H groups in total. The number of nitrogens with two attached hydrogens (primary N) is 1. The minimum atomic E-state index is 0.0782. The lowest BCUT2D eigenvalue weighted by Gasteiger charge is -2.05. The number of rotatable bonds is 5. The maximum Gasteiger partial charge on any atom is 0.170 e. The molecule has 0 aliphatic heterocycles. The number of oxime groups is 1. The first-order valence-electron chi connectivity index (χ1n) is 4.87. The van der Waals surface area contributed by atoms with Gasteiger partial charge in [-0.3, -0.25) is 0 Å². The van der Waals surface area contributed by atoms with E-state index in [2.05, 4.69) is 10.1 Å². The number of amidine groups is 1. The highest BCUT2D eigenvalue weighted by Gasteiger charge is 2.04. The second kappa shape index (κ2) is 6.34. The summed E-state index contributed by atoms with van der Waals surface area (Å²) in [5, 5.41) is 21.0. The van der Waals surface area contributed by atoms with E-state index in [4.69, 9.17) is 16.0 Å². The molecule has 0 unspecified atom stereocenters. The third kappa shape index (κ3) is 3.71. The lowest BCUT2D eigenvalue weighted by molar-refractivity contribution is 0.296. The molecule has 88 valence electrons. The van der Waals surface area contributed by atoms with Crippen LogP contribution in [0.15, 0.2) is 22.3 Å². The molecule has 0 saturated heterocycles. The SMILES string of the molecule is Cc1cc(/C(N)=N/O)cc(SCCCO)n1. The Morgan fingerprint density at radius 2 is 2.31 bits per heavy atom. The van der Waals surface area contributed by atoms with E-state index in [0.29, 0.717) is 5.56 Å². The summed E-state index contributed by atoms with van der Waals surface area (Å²) in [4.78, 5) is 4.31. The van der Waals surface area contributed by atoms with Crippen molar-refractivity contribution in [1.29, 1.82) is 0 Å². The Bertz CT molecular complexity index is 382. The van der Waals surface area contributed by atoms with Crippen LogP contribution in [0.4, 0.5) is 0 Å². The van der Waals surface area contributed by atoms with Crippen molar-refractivity contribution in [3.05, 3.63) is 23.4 Å². The fourth-order valence-corrected chi connectivity index (χ4v) is 2.06. The van der Waals surface area contributed by atoms with E-state index in [9.17, 15) is 0 Å². The average molecular weight is 241 g/mol. The number of pyridine rings is 1. The third-order valence-corrected chi connectivity index (χ3v) is 2.88. The van der Waals surface area contributed by atoms with Gasteiger partial charge in [-0.15, -0.1) is 11.8 Å². The van der Waals surface area contributed by atoms with Crippen LogP contribution < -0.4 is 5.73 Å². The van der Waals surface area contributed by atoms with Crippen molar-refractivity contribution in [2.45, 2.75) is 18.4 Å². The minimum absolute atomic E-state index is 0.0782. The molecule has 5 nitrogen and oxygen atoms in total. The Morgan fingerprint density at radius 1 is 1.56 bits per heavy atom. The van der Waals surface area contributed by atoms with Crippen molar-refractivity contribution in [3.8, 4) is 0 Å². The molecule has 0 aliphatic carbocycles. The summed E-state index contributed by atoms with van der Waals surface area (Å²) >= 11 is 1.54. The molecule has 0 aromatic carbocycles. The maximum atomic E-state index is 8.67. The first-order valence-corrected chi connectivity index (χ1v) is 5.86. The molecule has 1 aromatic rings. The van der Waals surface area contributed by atoms with Gasteiger partial charge >= 0.3 is 0 Å². The summed E-state index contributed by atoms with van der Waals surface area (Å²) in [6.07, 6.45) is 0.721. The number of aliphatic hydroxyl groups is 1. The zero-order chi connectivity index (χ0) is 12.0. The maximum absolute atomic E-state index is 8.67. The molecule has 16 heavy (non-hydrogen) atoms. The largest absolute Gasteiger partial charge is 0.409 e. The Kier molecular flexibility index (Phi) is 5.07. The van der Waals surface area contributed by atoms with Crippen LogP contribution in [0.5, 0.6) is 0 Å². The van der Waals surface area contributed by atoms with Crippen LogP contribution in [0, 0.1) is 6.92 Å². The molecule has 0 saturated carbocycles. The molecule has 1 aromatic heterocycles. The van der Waals surface area contributed by atoms with Gasteiger partial charge in [-0.1, -0.05) is 5.16 Å². The van der Waals surface area contributed by atoms with Gasteiger partial charge < -0.3 is 16.0 Å². The van der Waals surface area contributed by atoms with E-state index >= 15 is 0 Å². The zero-order valence-corrected chi connectivity index (χ0v) is 9.87. The average Bonchev–Trinajstić information content (AvgIpc) is 2.27. The standard InChI is InChI=1S/C10H15N3O2S/c1-7-5-8(10(11)13-15)6-9(12-7)16-4-2-3-14/h5-6,14-15H,2-4H2,1H3,(H2,11,13). The van der Waals surface area contributed by atoms with Crippen molar-refractivity contribution in [3.63, 3.8) is 0 Å². The van der Waals surface area contributed by atoms with Gasteiger partial charge in [-0.25, -0.2) is 4.98 Å². The van der Waals surface area contributed by atoms with Gasteiger partial charge in [0.25, 0.3) is 0 Å². The predicted molar refractivity (Wildman–Crippen MR) is 63.9 cm³/mol. The predicted octanol–water partition coefficient (Wildman–Crippen LogP) is 0.959. The van der Waals surface area contributed by atoms with E-state index in [1.54, 1.807) is 12.1 Å². The number of nitrogens with zero attached hydrogens (tertiary/aromatic N) is 2. The fraction of sp³-hybridized carbons (Fsp3) is 0.400. The van der Waals surface area contributed by atoms with E-state index in [1.165, 1.54) is 11.8 Å². The second-order valence-electron chi connectivity index (χ2n) is 3.25. The van der Waals surface area contributed by atoms with E-state index in [0.717, 1.165) is 22.9 Å². The van der Waals surface area contributed by atoms with Crippen LogP contribution in [0.3, 0.4) is 0 Å². The Morgan fingerprint density at radius 3 is 2.94 bits per heavy atom. The molecule has 0 fully saturated rings. The van der Waals surface area contributed by atoms with Crippen molar-refractivity contribution in [2.24, 2.45) is 10.9 Å². The van der Waals surface area contributed by atoms with Crippen LogP contribution in [0.1, 0.15) is 17.7 Å². The van der Waals surface area contributed by atoms with Gasteiger partial charge in [0.2, 0.25) is 0 Å². The molecule has 0 amide bonds. The Labute approximate surface area is 98.4 Å². The number of aliphatic hydroxyl groups excluding tert-OH is 1. The first kappa shape index (κ1) is 12.8. The van der Waals surface area contributed by atoms with E-state index < -0.39 is 0 Å². The summed E-state index contributed by atoms with van der Waals surface area (Å²) in [5.74, 6) is 0.872. The lowest BCUT2D eigenvalue weighted by Crippen LogP contribution is -2.13. The number of thioether (sulfide) groups is 1. The van der Waals surface area contributed by atoms with Crippen LogP contribution in [0.2, 0.25) is 0 Å². The van der Waals surface area contributed by atoms with Gasteiger partial charge in [-0.2, -0.15) is 0 Å². The number of hydrogen-bond donors (Lipinski definition) is 3. The summed E-state index contributed by atoms with van der Waals surface area (Å²) in [6, 6.07) is 3.52.